The van der Waals surface area contributed by atoms with Gasteiger partial charge in [0.05, 0.1) is 0 Å². The second kappa shape index (κ2) is 6.83. The van der Waals surface area contributed by atoms with Crippen LogP contribution < -0.4 is 10.2 Å². The average molecular weight is 286 g/mol. The van der Waals surface area contributed by atoms with E-state index in [4.69, 9.17) is 0 Å². The normalized spacial score (nSPS) is 21.7. The lowest BCUT2D eigenvalue weighted by Crippen LogP contribution is -2.49. The molecule has 0 aromatic heterocycles. The molecule has 2 fully saturated rings. The van der Waals surface area contributed by atoms with Crippen molar-refractivity contribution in [2.75, 3.05) is 24.5 Å². The minimum Gasteiger partial charge on any atom is -0.370 e. The van der Waals surface area contributed by atoms with Gasteiger partial charge in [0, 0.05) is 24.3 Å². The van der Waals surface area contributed by atoms with Crippen molar-refractivity contribution in [1.29, 1.82) is 0 Å². The lowest BCUT2D eigenvalue weighted by Gasteiger charge is -2.34. The van der Waals surface area contributed by atoms with Gasteiger partial charge >= 0.3 is 0 Å². The molecule has 1 aliphatic carbocycles. The summed E-state index contributed by atoms with van der Waals surface area (Å²) in [5, 5.41) is 3.85. The fourth-order valence-electron chi connectivity index (χ4n) is 3.99. The van der Waals surface area contributed by atoms with E-state index in [1.165, 1.54) is 82.3 Å². The van der Waals surface area contributed by atoms with Crippen LogP contribution in [0.15, 0.2) is 24.3 Å². The van der Waals surface area contributed by atoms with Crippen LogP contribution in [0.25, 0.3) is 0 Å². The number of nitrogens with one attached hydrogen (secondary N) is 1. The topological polar surface area (TPSA) is 15.3 Å². The maximum Gasteiger partial charge on any atom is 0.0367 e. The van der Waals surface area contributed by atoms with Gasteiger partial charge < -0.3 is 10.2 Å². The number of hydrogen-bond donors (Lipinski definition) is 1. The highest BCUT2D eigenvalue weighted by molar-refractivity contribution is 5.48. The standard InChI is InChI=1S/C19H30N2/c1-2-3-7-17-8-10-18(11-9-17)21-15-6-14-20-19(16-21)12-4-5-13-19/h8-11,20H,2-7,12-16H2,1H3. The first-order valence-corrected chi connectivity index (χ1v) is 8.90. The molecule has 2 aliphatic rings. The largest absolute Gasteiger partial charge is 0.370 e. The van der Waals surface area contributed by atoms with Crippen molar-refractivity contribution in [3.8, 4) is 0 Å². The van der Waals surface area contributed by atoms with Crippen molar-refractivity contribution in [2.24, 2.45) is 0 Å². The number of rotatable bonds is 4. The molecule has 1 aromatic rings. The van der Waals surface area contributed by atoms with Crippen molar-refractivity contribution in [1.82, 2.24) is 5.32 Å². The fraction of sp³-hybridized carbons (Fsp3) is 0.684. The van der Waals surface area contributed by atoms with E-state index in [0.29, 0.717) is 5.54 Å². The molecule has 2 nitrogen and oxygen atoms in total. The Bertz CT molecular complexity index is 431. The van der Waals surface area contributed by atoms with Crippen LogP contribution in [0.1, 0.15) is 57.4 Å². The molecule has 1 N–H and O–H groups in total. The predicted molar refractivity (Wildman–Crippen MR) is 91.1 cm³/mol. The molecule has 21 heavy (non-hydrogen) atoms. The molecule has 0 unspecified atom stereocenters. The first kappa shape index (κ1) is 14.9. The van der Waals surface area contributed by atoms with Gasteiger partial charge in [0.15, 0.2) is 0 Å². The van der Waals surface area contributed by atoms with E-state index in [1.54, 1.807) is 0 Å². The van der Waals surface area contributed by atoms with Gasteiger partial charge in [-0.2, -0.15) is 0 Å². The fourth-order valence-corrected chi connectivity index (χ4v) is 3.99. The number of anilines is 1. The average Bonchev–Trinajstić information content (AvgIpc) is 2.86. The molecule has 0 bridgehead atoms. The van der Waals surface area contributed by atoms with Gasteiger partial charge in [0.2, 0.25) is 0 Å². The molecule has 1 aromatic carbocycles. The molecule has 3 rings (SSSR count). The maximum atomic E-state index is 3.85. The summed E-state index contributed by atoms with van der Waals surface area (Å²) in [7, 11) is 0. The zero-order valence-corrected chi connectivity index (χ0v) is 13.5. The van der Waals surface area contributed by atoms with Crippen LogP contribution in [0.3, 0.4) is 0 Å². The predicted octanol–water partition coefficient (Wildman–Crippen LogP) is 4.14. The van der Waals surface area contributed by atoms with Crippen molar-refractivity contribution in [2.45, 2.75) is 63.8 Å². The van der Waals surface area contributed by atoms with E-state index >= 15 is 0 Å². The highest BCUT2D eigenvalue weighted by Crippen LogP contribution is 2.33. The third-order valence-electron chi connectivity index (χ3n) is 5.28. The lowest BCUT2D eigenvalue weighted by atomic mass is 9.97. The number of hydrogen-bond acceptors (Lipinski definition) is 2. The molecule has 1 spiro atoms. The minimum absolute atomic E-state index is 0.400. The third-order valence-corrected chi connectivity index (χ3v) is 5.28. The van der Waals surface area contributed by atoms with Gasteiger partial charge in [-0.25, -0.2) is 0 Å². The molecule has 1 saturated heterocycles. The Morgan fingerprint density at radius 1 is 1.10 bits per heavy atom. The minimum atomic E-state index is 0.400. The Balaban J connectivity index is 1.69. The molecule has 0 atom stereocenters. The monoisotopic (exact) mass is 286 g/mol. The molecule has 116 valence electrons. The second-order valence-corrected chi connectivity index (χ2v) is 6.96. The number of aryl methyl sites for hydroxylation is 1. The molecule has 1 aliphatic heterocycles. The summed E-state index contributed by atoms with van der Waals surface area (Å²) in [5.74, 6) is 0. The zero-order chi connectivity index (χ0) is 14.5. The van der Waals surface area contributed by atoms with Crippen LogP contribution >= 0.6 is 0 Å². The smallest absolute Gasteiger partial charge is 0.0367 e. The van der Waals surface area contributed by atoms with Crippen molar-refractivity contribution in [3.05, 3.63) is 29.8 Å². The van der Waals surface area contributed by atoms with E-state index in [9.17, 15) is 0 Å². The van der Waals surface area contributed by atoms with Crippen molar-refractivity contribution >= 4 is 5.69 Å². The quantitative estimate of drug-likeness (QED) is 0.895. The Hall–Kier alpha value is -1.02. The Morgan fingerprint density at radius 3 is 2.57 bits per heavy atom. The van der Waals surface area contributed by atoms with Crippen LogP contribution in [-0.4, -0.2) is 25.2 Å². The van der Waals surface area contributed by atoms with Crippen molar-refractivity contribution < 1.29 is 0 Å². The Kier molecular flexibility index (Phi) is 4.84. The van der Waals surface area contributed by atoms with Gasteiger partial charge in [0.1, 0.15) is 0 Å². The van der Waals surface area contributed by atoms with E-state index < -0.39 is 0 Å². The highest BCUT2D eigenvalue weighted by atomic mass is 15.2. The van der Waals surface area contributed by atoms with Gasteiger partial charge in [-0.3, -0.25) is 0 Å². The molecule has 0 amide bonds. The SMILES string of the molecule is CCCCc1ccc(N2CCCNC3(CCCC3)C2)cc1. The summed E-state index contributed by atoms with van der Waals surface area (Å²) < 4.78 is 0. The summed E-state index contributed by atoms with van der Waals surface area (Å²) >= 11 is 0. The molecule has 2 heteroatoms. The number of nitrogens with zero attached hydrogens (tertiary/aromatic N) is 1. The van der Waals surface area contributed by atoms with Gasteiger partial charge in [-0.15, -0.1) is 0 Å². The third kappa shape index (κ3) is 3.60. The molecule has 1 saturated carbocycles. The van der Waals surface area contributed by atoms with E-state index in [1.807, 2.05) is 0 Å². The van der Waals surface area contributed by atoms with Gasteiger partial charge in [-0.05, 0) is 56.3 Å². The second-order valence-electron chi connectivity index (χ2n) is 6.96. The summed E-state index contributed by atoms with van der Waals surface area (Å²) in [6, 6.07) is 9.37. The summed E-state index contributed by atoms with van der Waals surface area (Å²) in [6.45, 7) is 5.84. The van der Waals surface area contributed by atoms with Crippen LogP contribution in [0.4, 0.5) is 5.69 Å². The maximum absolute atomic E-state index is 3.85. The molecular formula is C19H30N2. The van der Waals surface area contributed by atoms with Crippen LogP contribution in [0.2, 0.25) is 0 Å². The lowest BCUT2D eigenvalue weighted by molar-refractivity contribution is 0.354. The number of benzene rings is 1. The summed E-state index contributed by atoms with van der Waals surface area (Å²) in [6.07, 6.45) is 10.6. The van der Waals surface area contributed by atoms with Crippen LogP contribution in [0, 0.1) is 0 Å². The van der Waals surface area contributed by atoms with E-state index in [-0.39, 0.29) is 0 Å². The summed E-state index contributed by atoms with van der Waals surface area (Å²) in [4.78, 5) is 2.62. The van der Waals surface area contributed by atoms with E-state index in [0.717, 1.165) is 0 Å². The van der Waals surface area contributed by atoms with Crippen molar-refractivity contribution in [3.63, 3.8) is 0 Å². The van der Waals surface area contributed by atoms with E-state index in [2.05, 4.69) is 41.4 Å². The Morgan fingerprint density at radius 2 is 1.86 bits per heavy atom. The van der Waals surface area contributed by atoms with Gasteiger partial charge in [0.25, 0.3) is 0 Å². The van der Waals surface area contributed by atoms with Crippen LogP contribution in [0.5, 0.6) is 0 Å². The highest BCUT2D eigenvalue weighted by Gasteiger charge is 2.36. The first-order chi connectivity index (χ1) is 10.3. The molecular weight excluding hydrogens is 256 g/mol. The van der Waals surface area contributed by atoms with Gasteiger partial charge in [-0.1, -0.05) is 38.3 Å². The van der Waals surface area contributed by atoms with Crippen LogP contribution in [-0.2, 0) is 6.42 Å². The molecule has 1 heterocycles. The molecule has 0 radical (unpaired) electrons. The zero-order valence-electron chi connectivity index (χ0n) is 13.5. The Labute approximate surface area is 129 Å². The first-order valence-electron chi connectivity index (χ1n) is 8.90. The number of unbranched alkanes of at least 4 members (excludes halogenated alkanes) is 1. The summed E-state index contributed by atoms with van der Waals surface area (Å²) in [5.41, 5.74) is 3.31.